The van der Waals surface area contributed by atoms with Gasteiger partial charge in [-0.2, -0.15) is 5.26 Å². The molecule has 4 heteroatoms. The van der Waals surface area contributed by atoms with Crippen LogP contribution in [0.1, 0.15) is 15.9 Å². The lowest BCUT2D eigenvalue weighted by atomic mass is 10.1. The van der Waals surface area contributed by atoms with E-state index in [0.29, 0.717) is 0 Å². The molecule has 0 amide bonds. The first-order chi connectivity index (χ1) is 6.65. The van der Waals surface area contributed by atoms with Crippen LogP contribution in [0.3, 0.4) is 0 Å². The molecule has 0 saturated heterocycles. The summed E-state index contributed by atoms with van der Waals surface area (Å²) in [5, 5.41) is 16.6. The molecule has 0 spiro atoms. The minimum Gasteiger partial charge on any atom is -0.478 e. The van der Waals surface area contributed by atoms with Crippen molar-refractivity contribution in [2.24, 2.45) is 0 Å². The second-order valence-corrected chi connectivity index (χ2v) is 2.36. The maximum atomic E-state index is 13.1. The highest BCUT2D eigenvalue weighted by atomic mass is 19.1. The minimum absolute atomic E-state index is 0.0107. The Labute approximate surface area is 79.4 Å². The zero-order chi connectivity index (χ0) is 10.6. The van der Waals surface area contributed by atoms with Gasteiger partial charge < -0.3 is 5.11 Å². The van der Waals surface area contributed by atoms with E-state index in [-0.39, 0.29) is 11.1 Å². The van der Waals surface area contributed by atoms with Crippen LogP contribution in [-0.2, 0) is 0 Å². The van der Waals surface area contributed by atoms with Crippen molar-refractivity contribution in [3.63, 3.8) is 0 Å². The predicted octanol–water partition coefficient (Wildman–Crippen LogP) is 1.40. The fraction of sp³-hybridized carbons (Fsp3) is 0. The minimum atomic E-state index is -1.20. The van der Waals surface area contributed by atoms with Gasteiger partial charge in [-0.15, -0.1) is 0 Å². The number of hydrogen-bond donors (Lipinski definition) is 1. The quantitative estimate of drug-likeness (QED) is 0.679. The van der Waals surface area contributed by atoms with Crippen LogP contribution >= 0.6 is 0 Å². The average molecular weight is 189 g/mol. The highest BCUT2D eigenvalue weighted by Crippen LogP contribution is 2.09. The third-order valence-electron chi connectivity index (χ3n) is 1.47. The van der Waals surface area contributed by atoms with Crippen molar-refractivity contribution in [2.75, 3.05) is 0 Å². The molecule has 0 aliphatic heterocycles. The van der Waals surface area contributed by atoms with Crippen molar-refractivity contribution in [3.8, 4) is 17.9 Å². The van der Waals surface area contributed by atoms with Crippen LogP contribution in [-0.4, -0.2) is 11.1 Å². The van der Waals surface area contributed by atoms with Crippen LogP contribution in [0, 0.1) is 29.0 Å². The third kappa shape index (κ3) is 2.09. The summed E-state index contributed by atoms with van der Waals surface area (Å²) in [4.78, 5) is 10.4. The van der Waals surface area contributed by atoms with Gasteiger partial charge in [0.25, 0.3) is 0 Å². The average Bonchev–Trinajstić information content (AvgIpc) is 2.15. The molecule has 68 valence electrons. The number of carboxylic acids is 1. The molecular weight excluding hydrogens is 185 g/mol. The smallest absolute Gasteiger partial charge is 0.335 e. The van der Waals surface area contributed by atoms with E-state index in [1.54, 1.807) is 0 Å². The van der Waals surface area contributed by atoms with Crippen molar-refractivity contribution >= 4 is 5.97 Å². The van der Waals surface area contributed by atoms with Gasteiger partial charge in [0.05, 0.1) is 11.1 Å². The van der Waals surface area contributed by atoms with Gasteiger partial charge in [-0.05, 0) is 24.1 Å². The van der Waals surface area contributed by atoms with Gasteiger partial charge in [-0.25, -0.2) is 9.18 Å². The fourth-order valence-corrected chi connectivity index (χ4v) is 0.845. The number of rotatable bonds is 1. The molecule has 1 aromatic rings. The molecule has 0 heterocycles. The first-order valence-corrected chi connectivity index (χ1v) is 3.58. The summed E-state index contributed by atoms with van der Waals surface area (Å²) in [5.74, 6) is 2.32. The summed E-state index contributed by atoms with van der Waals surface area (Å²) < 4.78 is 13.1. The molecule has 1 N–H and O–H groups in total. The lowest BCUT2D eigenvalue weighted by Crippen LogP contribution is -1.97. The SMILES string of the molecule is N#CC#Cc1ccc(C(=O)O)cc1F. The molecule has 0 aliphatic rings. The van der Waals surface area contributed by atoms with E-state index < -0.39 is 11.8 Å². The monoisotopic (exact) mass is 189 g/mol. The Hall–Kier alpha value is -2.33. The standard InChI is InChI=1S/C10H4FNO2/c11-9-6-8(10(13)14)4-3-7(9)2-1-5-12/h3-4,6H,(H,13,14). The first kappa shape index (κ1) is 9.76. The van der Waals surface area contributed by atoms with E-state index in [2.05, 4.69) is 5.92 Å². The van der Waals surface area contributed by atoms with E-state index in [4.69, 9.17) is 10.4 Å². The third-order valence-corrected chi connectivity index (χ3v) is 1.47. The van der Waals surface area contributed by atoms with Crippen LogP contribution in [0.5, 0.6) is 0 Å². The molecule has 0 bridgehead atoms. The first-order valence-electron chi connectivity index (χ1n) is 3.58. The molecule has 0 saturated carbocycles. The van der Waals surface area contributed by atoms with Crippen LogP contribution in [0.4, 0.5) is 4.39 Å². The van der Waals surface area contributed by atoms with E-state index in [1.807, 2.05) is 5.92 Å². The summed E-state index contributed by atoms with van der Waals surface area (Å²) in [6, 6.07) is 4.86. The van der Waals surface area contributed by atoms with Crippen molar-refractivity contribution in [1.29, 1.82) is 5.26 Å². The van der Waals surface area contributed by atoms with Gasteiger partial charge in [0.2, 0.25) is 0 Å². The maximum Gasteiger partial charge on any atom is 0.335 e. The number of aromatic carboxylic acids is 1. The zero-order valence-corrected chi connectivity index (χ0v) is 6.91. The topological polar surface area (TPSA) is 61.1 Å². The van der Waals surface area contributed by atoms with Crippen LogP contribution in [0.2, 0.25) is 0 Å². The van der Waals surface area contributed by atoms with Crippen molar-refractivity contribution in [2.45, 2.75) is 0 Å². The zero-order valence-electron chi connectivity index (χ0n) is 6.91. The van der Waals surface area contributed by atoms with E-state index in [1.165, 1.54) is 18.2 Å². The van der Waals surface area contributed by atoms with Crippen LogP contribution < -0.4 is 0 Å². The molecule has 0 unspecified atom stereocenters. The molecule has 0 fully saturated rings. The number of hydrogen-bond acceptors (Lipinski definition) is 2. The van der Waals surface area contributed by atoms with Gasteiger partial charge >= 0.3 is 5.97 Å². The Morgan fingerprint density at radius 3 is 2.71 bits per heavy atom. The molecule has 14 heavy (non-hydrogen) atoms. The van der Waals surface area contributed by atoms with E-state index in [9.17, 15) is 9.18 Å². The molecule has 3 nitrogen and oxygen atoms in total. The molecule has 0 aliphatic carbocycles. The Balaban J connectivity index is 3.15. The Kier molecular flexibility index (Phi) is 2.83. The van der Waals surface area contributed by atoms with Crippen molar-refractivity contribution < 1.29 is 14.3 Å². The van der Waals surface area contributed by atoms with Gasteiger partial charge in [-0.1, -0.05) is 0 Å². The fourth-order valence-electron chi connectivity index (χ4n) is 0.845. The Bertz CT molecular complexity index is 477. The van der Waals surface area contributed by atoms with Gasteiger partial charge in [0, 0.05) is 5.92 Å². The number of nitriles is 1. The Morgan fingerprint density at radius 1 is 1.50 bits per heavy atom. The summed E-state index contributed by atoms with van der Waals surface area (Å²) >= 11 is 0. The summed E-state index contributed by atoms with van der Waals surface area (Å²) in [6.07, 6.45) is 0. The van der Waals surface area contributed by atoms with Gasteiger partial charge in [0.1, 0.15) is 5.82 Å². The largest absolute Gasteiger partial charge is 0.478 e. The normalized spacial score (nSPS) is 8.29. The number of halogens is 1. The van der Waals surface area contributed by atoms with E-state index >= 15 is 0 Å². The number of carbonyl (C=O) groups is 1. The van der Waals surface area contributed by atoms with Crippen LogP contribution in [0.25, 0.3) is 0 Å². The molecule has 0 aromatic heterocycles. The second kappa shape index (κ2) is 4.06. The van der Waals surface area contributed by atoms with E-state index in [0.717, 1.165) is 6.07 Å². The molecule has 0 atom stereocenters. The molecule has 1 aromatic carbocycles. The molecule has 1 rings (SSSR count). The lowest BCUT2D eigenvalue weighted by molar-refractivity contribution is 0.0696. The summed E-state index contributed by atoms with van der Waals surface area (Å²) in [5.41, 5.74) is -0.137. The number of nitrogens with zero attached hydrogens (tertiary/aromatic N) is 1. The maximum absolute atomic E-state index is 13.1. The molecular formula is C10H4FNO2. The number of benzene rings is 1. The van der Waals surface area contributed by atoms with Gasteiger partial charge in [-0.3, -0.25) is 0 Å². The second-order valence-electron chi connectivity index (χ2n) is 2.36. The highest BCUT2D eigenvalue weighted by Gasteiger charge is 2.06. The number of carboxylic acid groups (broad SMARTS) is 1. The van der Waals surface area contributed by atoms with Gasteiger partial charge in [0.15, 0.2) is 6.07 Å². The Morgan fingerprint density at radius 2 is 2.21 bits per heavy atom. The predicted molar refractivity (Wildman–Crippen MR) is 45.9 cm³/mol. The summed E-state index contributed by atoms with van der Waals surface area (Å²) in [7, 11) is 0. The van der Waals surface area contributed by atoms with Crippen molar-refractivity contribution in [3.05, 3.63) is 35.1 Å². The van der Waals surface area contributed by atoms with Crippen molar-refractivity contribution in [1.82, 2.24) is 0 Å². The lowest BCUT2D eigenvalue weighted by Gasteiger charge is -1.96. The summed E-state index contributed by atoms with van der Waals surface area (Å²) in [6.45, 7) is 0. The highest BCUT2D eigenvalue weighted by molar-refractivity contribution is 5.87. The molecule has 0 radical (unpaired) electrons. The van der Waals surface area contributed by atoms with Crippen LogP contribution in [0.15, 0.2) is 18.2 Å².